The molecule has 0 aliphatic rings. The zero-order valence-corrected chi connectivity index (χ0v) is 11.4. The molecule has 2 aromatic carbocycles. The third-order valence-electron chi connectivity index (χ3n) is 2.98. The number of rotatable bonds is 6. The number of ether oxygens (including phenoxy) is 1. The summed E-state index contributed by atoms with van der Waals surface area (Å²) in [5.74, 6) is 0. The molecule has 2 rings (SSSR count). The van der Waals surface area contributed by atoms with Crippen LogP contribution in [0.4, 0.5) is 0 Å². The predicted octanol–water partition coefficient (Wildman–Crippen LogP) is 4.84. The van der Waals surface area contributed by atoms with Crippen LogP contribution in [-0.4, -0.2) is 6.61 Å². The quantitative estimate of drug-likeness (QED) is 0.528. The molecular formula is C18H20O. The highest BCUT2D eigenvalue weighted by Gasteiger charge is 2.03. The average Bonchev–Trinajstić information content (AvgIpc) is 2.48. The van der Waals surface area contributed by atoms with E-state index in [1.165, 1.54) is 16.7 Å². The van der Waals surface area contributed by atoms with E-state index in [0.717, 1.165) is 6.42 Å². The van der Waals surface area contributed by atoms with Gasteiger partial charge in [0.2, 0.25) is 0 Å². The molecule has 0 unspecified atom stereocenters. The first-order valence-corrected chi connectivity index (χ1v) is 6.78. The lowest BCUT2D eigenvalue weighted by Crippen LogP contribution is -1.95. The minimum absolute atomic E-state index is 0.652. The van der Waals surface area contributed by atoms with Crippen molar-refractivity contribution in [3.05, 3.63) is 72.3 Å². The molecule has 1 nitrogen and oxygen atoms in total. The minimum Gasteiger partial charge on any atom is -0.373 e. The summed E-state index contributed by atoms with van der Waals surface area (Å²) < 4.78 is 5.70. The third kappa shape index (κ3) is 4.08. The molecule has 0 aromatic heterocycles. The Labute approximate surface area is 115 Å². The van der Waals surface area contributed by atoms with E-state index in [-0.39, 0.29) is 0 Å². The molecule has 0 atom stereocenters. The molecule has 0 aliphatic heterocycles. The second-order valence-electron chi connectivity index (χ2n) is 4.42. The highest BCUT2D eigenvalue weighted by atomic mass is 16.5. The summed E-state index contributed by atoms with van der Waals surface area (Å²) in [6, 6.07) is 18.9. The molecule has 0 saturated heterocycles. The minimum atomic E-state index is 0.652. The molecule has 19 heavy (non-hydrogen) atoms. The molecule has 0 saturated carbocycles. The van der Waals surface area contributed by atoms with Gasteiger partial charge in [0.05, 0.1) is 13.2 Å². The van der Waals surface area contributed by atoms with Gasteiger partial charge in [0.15, 0.2) is 0 Å². The Bertz CT molecular complexity index is 514. The second-order valence-corrected chi connectivity index (χ2v) is 4.42. The van der Waals surface area contributed by atoms with Gasteiger partial charge in [-0.2, -0.15) is 0 Å². The SMILES string of the molecule is CCC=CCOCc1ccccc1-c1ccccc1. The third-order valence-corrected chi connectivity index (χ3v) is 2.98. The first-order chi connectivity index (χ1) is 9.42. The van der Waals surface area contributed by atoms with Crippen LogP contribution in [0.5, 0.6) is 0 Å². The molecule has 0 spiro atoms. The smallest absolute Gasteiger partial charge is 0.0727 e. The highest BCUT2D eigenvalue weighted by molar-refractivity contribution is 5.66. The lowest BCUT2D eigenvalue weighted by molar-refractivity contribution is 0.149. The molecular weight excluding hydrogens is 232 g/mol. The lowest BCUT2D eigenvalue weighted by atomic mass is 10.0. The van der Waals surface area contributed by atoms with Crippen LogP contribution in [0.2, 0.25) is 0 Å². The predicted molar refractivity (Wildman–Crippen MR) is 81.0 cm³/mol. The maximum atomic E-state index is 5.70. The van der Waals surface area contributed by atoms with Crippen molar-refractivity contribution in [3.63, 3.8) is 0 Å². The molecule has 2 aromatic rings. The van der Waals surface area contributed by atoms with Gasteiger partial charge in [-0.25, -0.2) is 0 Å². The van der Waals surface area contributed by atoms with Crippen LogP contribution in [-0.2, 0) is 11.3 Å². The van der Waals surface area contributed by atoms with Gasteiger partial charge >= 0.3 is 0 Å². The van der Waals surface area contributed by atoms with E-state index < -0.39 is 0 Å². The summed E-state index contributed by atoms with van der Waals surface area (Å²) in [6.45, 7) is 3.46. The van der Waals surface area contributed by atoms with E-state index in [1.807, 2.05) is 6.07 Å². The van der Waals surface area contributed by atoms with Crippen molar-refractivity contribution in [1.82, 2.24) is 0 Å². The Morgan fingerprint density at radius 1 is 0.895 bits per heavy atom. The van der Waals surface area contributed by atoms with Gasteiger partial charge in [0, 0.05) is 0 Å². The van der Waals surface area contributed by atoms with Gasteiger partial charge in [-0.3, -0.25) is 0 Å². The van der Waals surface area contributed by atoms with Gasteiger partial charge in [0.1, 0.15) is 0 Å². The van der Waals surface area contributed by atoms with Gasteiger partial charge in [-0.1, -0.05) is 73.7 Å². The van der Waals surface area contributed by atoms with Crippen LogP contribution in [0.15, 0.2) is 66.7 Å². The maximum Gasteiger partial charge on any atom is 0.0727 e. The molecule has 98 valence electrons. The second kappa shape index (κ2) is 7.55. The van der Waals surface area contributed by atoms with E-state index in [4.69, 9.17) is 4.74 Å². The summed E-state index contributed by atoms with van der Waals surface area (Å²) >= 11 is 0. The largest absolute Gasteiger partial charge is 0.373 e. The summed E-state index contributed by atoms with van der Waals surface area (Å²) in [4.78, 5) is 0. The fourth-order valence-corrected chi connectivity index (χ4v) is 2.02. The molecule has 0 N–H and O–H groups in total. The highest BCUT2D eigenvalue weighted by Crippen LogP contribution is 2.23. The fourth-order valence-electron chi connectivity index (χ4n) is 2.02. The topological polar surface area (TPSA) is 9.23 Å². The van der Waals surface area contributed by atoms with Crippen molar-refractivity contribution < 1.29 is 4.74 Å². The van der Waals surface area contributed by atoms with Crippen molar-refractivity contribution in [1.29, 1.82) is 0 Å². The van der Waals surface area contributed by atoms with Crippen molar-refractivity contribution in [2.45, 2.75) is 20.0 Å². The zero-order valence-electron chi connectivity index (χ0n) is 11.4. The Morgan fingerprint density at radius 3 is 2.42 bits per heavy atom. The van der Waals surface area contributed by atoms with Gasteiger partial charge in [0.25, 0.3) is 0 Å². The van der Waals surface area contributed by atoms with Gasteiger partial charge in [-0.15, -0.1) is 0 Å². The van der Waals surface area contributed by atoms with Crippen molar-refractivity contribution in [2.24, 2.45) is 0 Å². The molecule has 0 radical (unpaired) electrons. The lowest BCUT2D eigenvalue weighted by Gasteiger charge is -2.09. The molecule has 0 aliphatic carbocycles. The monoisotopic (exact) mass is 252 g/mol. The maximum absolute atomic E-state index is 5.70. The number of hydrogen-bond acceptors (Lipinski definition) is 1. The van der Waals surface area contributed by atoms with E-state index >= 15 is 0 Å². The van der Waals surface area contributed by atoms with Crippen LogP contribution >= 0.6 is 0 Å². The summed E-state index contributed by atoms with van der Waals surface area (Å²) in [5.41, 5.74) is 3.73. The van der Waals surface area contributed by atoms with Crippen molar-refractivity contribution >= 4 is 0 Å². The first kappa shape index (κ1) is 13.6. The summed E-state index contributed by atoms with van der Waals surface area (Å²) in [5, 5.41) is 0. The Kier molecular flexibility index (Phi) is 5.39. The summed E-state index contributed by atoms with van der Waals surface area (Å²) in [7, 11) is 0. The molecule has 0 heterocycles. The average molecular weight is 252 g/mol. The van der Waals surface area contributed by atoms with Crippen LogP contribution in [0.1, 0.15) is 18.9 Å². The number of allylic oxidation sites excluding steroid dienone is 1. The zero-order chi connectivity index (χ0) is 13.3. The van der Waals surface area contributed by atoms with E-state index in [2.05, 4.69) is 67.6 Å². The fraction of sp³-hybridized carbons (Fsp3) is 0.222. The van der Waals surface area contributed by atoms with Crippen LogP contribution in [0.25, 0.3) is 11.1 Å². The number of hydrogen-bond donors (Lipinski definition) is 0. The van der Waals surface area contributed by atoms with Crippen LogP contribution in [0.3, 0.4) is 0 Å². The Hall–Kier alpha value is -1.86. The molecule has 0 bridgehead atoms. The van der Waals surface area contributed by atoms with Crippen LogP contribution in [0, 0.1) is 0 Å². The van der Waals surface area contributed by atoms with Gasteiger partial charge in [-0.05, 0) is 23.1 Å². The first-order valence-electron chi connectivity index (χ1n) is 6.78. The molecule has 0 amide bonds. The van der Waals surface area contributed by atoms with E-state index in [0.29, 0.717) is 13.2 Å². The van der Waals surface area contributed by atoms with Crippen molar-refractivity contribution in [3.8, 4) is 11.1 Å². The standard InChI is InChI=1S/C18H20O/c1-2-3-9-14-19-15-17-12-7-8-13-18(17)16-10-5-4-6-11-16/h3-13H,2,14-15H2,1H3. The van der Waals surface area contributed by atoms with Gasteiger partial charge < -0.3 is 4.74 Å². The Balaban J connectivity index is 2.07. The number of benzene rings is 2. The normalized spacial score (nSPS) is 11.0. The molecule has 1 heteroatoms. The molecule has 0 fully saturated rings. The van der Waals surface area contributed by atoms with E-state index in [1.54, 1.807) is 0 Å². The van der Waals surface area contributed by atoms with Crippen LogP contribution < -0.4 is 0 Å². The summed E-state index contributed by atoms with van der Waals surface area (Å²) in [6.07, 6.45) is 5.26. The van der Waals surface area contributed by atoms with Crippen molar-refractivity contribution in [2.75, 3.05) is 6.61 Å². The van der Waals surface area contributed by atoms with E-state index in [9.17, 15) is 0 Å². The Morgan fingerprint density at radius 2 is 1.63 bits per heavy atom.